The molecule has 1 aliphatic heterocycles. The molecule has 2 N–H and O–H groups in total. The van der Waals surface area contributed by atoms with Crippen molar-refractivity contribution in [3.8, 4) is 0 Å². The van der Waals surface area contributed by atoms with Gasteiger partial charge in [0, 0.05) is 37.9 Å². The molecule has 0 radical (unpaired) electrons. The zero-order valence-corrected chi connectivity index (χ0v) is 13.8. The fourth-order valence-electron chi connectivity index (χ4n) is 2.33. The van der Waals surface area contributed by atoms with Gasteiger partial charge < -0.3 is 10.6 Å². The number of halogens is 1. The Kier molecular flexibility index (Phi) is 7.12. The number of hydrogen-bond donors (Lipinski definition) is 1. The van der Waals surface area contributed by atoms with Gasteiger partial charge in [0.2, 0.25) is 0 Å². The molecule has 0 spiro atoms. The lowest BCUT2D eigenvalue weighted by molar-refractivity contribution is 0.270. The maximum absolute atomic E-state index is 6.03. The standard InChI is InChI=1S/C14H22N4.HI/c1-12-5-4-10-18(11-12)14(15)17-9-7-13-6-2-3-8-16-13;/h2-3,6,8,12H,4-5,7,9-11H2,1H3,(H2,15,17);1H. The molecule has 0 aliphatic carbocycles. The molecule has 1 atom stereocenters. The summed E-state index contributed by atoms with van der Waals surface area (Å²) in [5.74, 6) is 1.42. The monoisotopic (exact) mass is 374 g/mol. The highest BCUT2D eigenvalue weighted by molar-refractivity contribution is 14.0. The lowest BCUT2D eigenvalue weighted by Gasteiger charge is -2.31. The molecular formula is C14H23IN4. The van der Waals surface area contributed by atoms with Crippen LogP contribution in [0.5, 0.6) is 0 Å². The summed E-state index contributed by atoms with van der Waals surface area (Å²) in [6.45, 7) is 5.07. The van der Waals surface area contributed by atoms with E-state index in [1.165, 1.54) is 12.8 Å². The molecule has 2 heterocycles. The number of nitrogens with zero attached hydrogens (tertiary/aromatic N) is 3. The molecule has 0 saturated carbocycles. The van der Waals surface area contributed by atoms with Crippen LogP contribution in [0.2, 0.25) is 0 Å². The molecule has 19 heavy (non-hydrogen) atoms. The van der Waals surface area contributed by atoms with Gasteiger partial charge in [-0.3, -0.25) is 9.98 Å². The third kappa shape index (κ3) is 5.34. The Morgan fingerprint density at radius 3 is 3.05 bits per heavy atom. The van der Waals surface area contributed by atoms with Gasteiger partial charge in [0.1, 0.15) is 0 Å². The molecule has 4 nitrogen and oxygen atoms in total. The second-order valence-corrected chi connectivity index (χ2v) is 5.00. The lowest BCUT2D eigenvalue weighted by Crippen LogP contribution is -2.43. The van der Waals surface area contributed by atoms with Crippen LogP contribution in [-0.2, 0) is 6.42 Å². The van der Waals surface area contributed by atoms with Crippen molar-refractivity contribution in [2.75, 3.05) is 19.6 Å². The number of aliphatic imine (C=N–C) groups is 1. The van der Waals surface area contributed by atoms with Crippen molar-refractivity contribution in [1.29, 1.82) is 0 Å². The van der Waals surface area contributed by atoms with Crippen molar-refractivity contribution in [3.63, 3.8) is 0 Å². The third-order valence-corrected chi connectivity index (χ3v) is 3.35. The van der Waals surface area contributed by atoms with Gasteiger partial charge in [-0.2, -0.15) is 0 Å². The van der Waals surface area contributed by atoms with E-state index in [4.69, 9.17) is 5.73 Å². The minimum absolute atomic E-state index is 0. The Morgan fingerprint density at radius 2 is 2.37 bits per heavy atom. The highest BCUT2D eigenvalue weighted by Crippen LogP contribution is 2.14. The van der Waals surface area contributed by atoms with Crippen LogP contribution < -0.4 is 5.73 Å². The van der Waals surface area contributed by atoms with E-state index in [1.54, 1.807) is 0 Å². The predicted molar refractivity (Wildman–Crippen MR) is 89.8 cm³/mol. The molecule has 0 bridgehead atoms. The van der Waals surface area contributed by atoms with Crippen LogP contribution >= 0.6 is 24.0 Å². The summed E-state index contributed by atoms with van der Waals surface area (Å²) < 4.78 is 0. The molecule has 0 amide bonds. The van der Waals surface area contributed by atoms with E-state index in [-0.39, 0.29) is 24.0 Å². The first kappa shape index (κ1) is 16.2. The van der Waals surface area contributed by atoms with E-state index in [2.05, 4.69) is 21.8 Å². The van der Waals surface area contributed by atoms with E-state index < -0.39 is 0 Å². The second-order valence-electron chi connectivity index (χ2n) is 5.00. The van der Waals surface area contributed by atoms with Crippen molar-refractivity contribution in [1.82, 2.24) is 9.88 Å². The van der Waals surface area contributed by atoms with Crippen molar-refractivity contribution in [2.45, 2.75) is 26.2 Å². The Balaban J connectivity index is 0.00000180. The van der Waals surface area contributed by atoms with E-state index in [0.717, 1.165) is 31.1 Å². The average molecular weight is 374 g/mol. The largest absolute Gasteiger partial charge is 0.370 e. The topological polar surface area (TPSA) is 54.5 Å². The summed E-state index contributed by atoms with van der Waals surface area (Å²) in [6, 6.07) is 5.95. The van der Waals surface area contributed by atoms with Crippen molar-refractivity contribution in [2.24, 2.45) is 16.6 Å². The van der Waals surface area contributed by atoms with Crippen molar-refractivity contribution in [3.05, 3.63) is 30.1 Å². The number of aromatic nitrogens is 1. The maximum Gasteiger partial charge on any atom is 0.191 e. The van der Waals surface area contributed by atoms with Gasteiger partial charge in [-0.25, -0.2) is 0 Å². The third-order valence-electron chi connectivity index (χ3n) is 3.35. The summed E-state index contributed by atoms with van der Waals surface area (Å²) in [5.41, 5.74) is 7.10. The van der Waals surface area contributed by atoms with Crippen LogP contribution in [0.3, 0.4) is 0 Å². The first-order valence-electron chi connectivity index (χ1n) is 6.70. The normalized spacial score (nSPS) is 19.9. The second kappa shape index (κ2) is 8.35. The number of hydrogen-bond acceptors (Lipinski definition) is 2. The van der Waals surface area contributed by atoms with E-state index in [9.17, 15) is 0 Å². The first-order chi connectivity index (χ1) is 8.75. The summed E-state index contributed by atoms with van der Waals surface area (Å²) in [6.07, 6.45) is 5.19. The highest BCUT2D eigenvalue weighted by Gasteiger charge is 2.17. The number of pyridine rings is 1. The maximum atomic E-state index is 6.03. The van der Waals surface area contributed by atoms with Gasteiger partial charge in [-0.1, -0.05) is 13.0 Å². The number of rotatable bonds is 3. The molecule has 2 rings (SSSR count). The van der Waals surface area contributed by atoms with Gasteiger partial charge in [0.25, 0.3) is 0 Å². The summed E-state index contributed by atoms with van der Waals surface area (Å²) in [4.78, 5) is 10.9. The fourth-order valence-corrected chi connectivity index (χ4v) is 2.33. The molecule has 1 aromatic heterocycles. The fraction of sp³-hybridized carbons (Fsp3) is 0.571. The Hall–Kier alpha value is -0.850. The molecule has 1 fully saturated rings. The van der Waals surface area contributed by atoms with E-state index in [0.29, 0.717) is 12.5 Å². The highest BCUT2D eigenvalue weighted by atomic mass is 127. The number of piperidine rings is 1. The average Bonchev–Trinajstić information content (AvgIpc) is 2.40. The van der Waals surface area contributed by atoms with Crippen LogP contribution in [0.1, 0.15) is 25.5 Å². The van der Waals surface area contributed by atoms with Crippen LogP contribution in [0.15, 0.2) is 29.4 Å². The van der Waals surface area contributed by atoms with E-state index in [1.807, 2.05) is 24.4 Å². The van der Waals surface area contributed by atoms with Gasteiger partial charge >= 0.3 is 0 Å². The van der Waals surface area contributed by atoms with E-state index >= 15 is 0 Å². The van der Waals surface area contributed by atoms with Gasteiger partial charge in [0.05, 0.1) is 0 Å². The summed E-state index contributed by atoms with van der Waals surface area (Å²) >= 11 is 0. The molecule has 0 aromatic carbocycles. The zero-order chi connectivity index (χ0) is 12.8. The molecule has 106 valence electrons. The van der Waals surface area contributed by atoms with Crippen molar-refractivity contribution >= 4 is 29.9 Å². The number of nitrogens with two attached hydrogens (primary N) is 1. The van der Waals surface area contributed by atoms with Crippen LogP contribution in [0.25, 0.3) is 0 Å². The Morgan fingerprint density at radius 1 is 1.53 bits per heavy atom. The molecule has 1 saturated heterocycles. The molecular weight excluding hydrogens is 351 g/mol. The Bertz CT molecular complexity index is 394. The smallest absolute Gasteiger partial charge is 0.191 e. The summed E-state index contributed by atoms with van der Waals surface area (Å²) in [5, 5.41) is 0. The molecule has 1 unspecified atom stereocenters. The quantitative estimate of drug-likeness (QED) is 0.502. The van der Waals surface area contributed by atoms with Crippen molar-refractivity contribution < 1.29 is 0 Å². The molecule has 1 aromatic rings. The minimum atomic E-state index is 0. The minimum Gasteiger partial charge on any atom is -0.370 e. The SMILES string of the molecule is CC1CCCN(C(N)=NCCc2ccccn2)C1.I. The van der Waals surface area contributed by atoms with Crippen LogP contribution in [0.4, 0.5) is 0 Å². The zero-order valence-electron chi connectivity index (χ0n) is 11.5. The Labute approximate surface area is 132 Å². The number of guanidine groups is 1. The summed E-state index contributed by atoms with van der Waals surface area (Å²) in [7, 11) is 0. The first-order valence-corrected chi connectivity index (χ1v) is 6.70. The van der Waals surface area contributed by atoms with Gasteiger partial charge in [0.15, 0.2) is 5.96 Å². The van der Waals surface area contributed by atoms with Crippen LogP contribution in [0, 0.1) is 5.92 Å². The van der Waals surface area contributed by atoms with Gasteiger partial charge in [-0.05, 0) is 30.9 Å². The predicted octanol–water partition coefficient (Wildman–Crippen LogP) is 2.29. The lowest BCUT2D eigenvalue weighted by atomic mass is 10.0. The molecule has 1 aliphatic rings. The van der Waals surface area contributed by atoms with Gasteiger partial charge in [-0.15, -0.1) is 24.0 Å². The molecule has 5 heteroatoms. The van der Waals surface area contributed by atoms with Crippen LogP contribution in [-0.4, -0.2) is 35.5 Å². The number of likely N-dealkylation sites (tertiary alicyclic amines) is 1.